The van der Waals surface area contributed by atoms with E-state index in [0.717, 1.165) is 22.3 Å². The van der Waals surface area contributed by atoms with E-state index in [1.54, 1.807) is 0 Å². The van der Waals surface area contributed by atoms with Crippen molar-refractivity contribution in [3.8, 4) is 11.1 Å². The van der Waals surface area contributed by atoms with Gasteiger partial charge < -0.3 is 0 Å². The van der Waals surface area contributed by atoms with Crippen LogP contribution < -0.4 is 0 Å². The first-order valence-electron chi connectivity index (χ1n) is 6.46. The third-order valence-corrected chi connectivity index (χ3v) is 6.57. The molecule has 1 aliphatic rings. The SMILES string of the molecule is Clc1c(-c2ccccc2)ccc2c1[C@@H](Cl)[C@H](Cl)[C@@H](Cl)[C@@H]2Cl. The standard InChI is InChI=1S/C16H11Cl5/c17-12-9(8-4-2-1-3-5-8)6-7-10-11(12)14(19)16(21)15(20)13(10)18/h1-7,13-16H/t13-,14-,15+,16+/m1/s1. The average molecular weight is 381 g/mol. The zero-order chi connectivity index (χ0) is 15.1. The van der Waals surface area contributed by atoms with Gasteiger partial charge in [-0.25, -0.2) is 0 Å². The molecule has 1 aliphatic carbocycles. The summed E-state index contributed by atoms with van der Waals surface area (Å²) in [6.07, 6.45) is 0. The first-order chi connectivity index (χ1) is 10.0. The molecule has 0 radical (unpaired) electrons. The van der Waals surface area contributed by atoms with Gasteiger partial charge in [0, 0.05) is 5.56 Å². The first-order valence-corrected chi connectivity index (χ1v) is 8.58. The molecule has 4 atom stereocenters. The van der Waals surface area contributed by atoms with Crippen LogP contribution in [0.5, 0.6) is 0 Å². The molecule has 0 fully saturated rings. The Balaban J connectivity index is 2.19. The minimum absolute atomic E-state index is 0.401. The molecule has 0 nitrogen and oxygen atoms in total. The number of fused-ring (bicyclic) bond motifs is 1. The molecule has 21 heavy (non-hydrogen) atoms. The molecule has 5 heteroatoms. The van der Waals surface area contributed by atoms with Gasteiger partial charge in [0.15, 0.2) is 0 Å². The lowest BCUT2D eigenvalue weighted by atomic mass is 9.87. The van der Waals surface area contributed by atoms with Crippen LogP contribution in [-0.4, -0.2) is 10.8 Å². The molecule has 0 unspecified atom stereocenters. The second-order valence-corrected chi connectivity index (χ2v) is 7.31. The summed E-state index contributed by atoms with van der Waals surface area (Å²) in [5.74, 6) is 0. The Hall–Kier alpha value is -0.110. The molecule has 0 amide bonds. The Morgan fingerprint density at radius 3 is 2.00 bits per heavy atom. The van der Waals surface area contributed by atoms with E-state index in [1.807, 2.05) is 42.5 Å². The predicted octanol–water partition coefficient (Wildman–Crippen LogP) is 6.80. The van der Waals surface area contributed by atoms with Crippen LogP contribution in [-0.2, 0) is 0 Å². The van der Waals surface area contributed by atoms with Crippen molar-refractivity contribution >= 4 is 58.0 Å². The molecular formula is C16H11Cl5. The van der Waals surface area contributed by atoms with Crippen LogP contribution in [0.25, 0.3) is 11.1 Å². The van der Waals surface area contributed by atoms with E-state index in [4.69, 9.17) is 58.0 Å². The van der Waals surface area contributed by atoms with Crippen molar-refractivity contribution < 1.29 is 0 Å². The van der Waals surface area contributed by atoms with E-state index in [2.05, 4.69) is 0 Å². The molecule has 0 aromatic heterocycles. The van der Waals surface area contributed by atoms with Crippen molar-refractivity contribution in [1.29, 1.82) is 0 Å². The highest BCUT2D eigenvalue weighted by molar-refractivity contribution is 6.41. The first kappa shape index (κ1) is 15.8. The molecule has 3 rings (SSSR count). The fourth-order valence-electron chi connectivity index (χ4n) is 2.62. The molecule has 0 spiro atoms. The van der Waals surface area contributed by atoms with E-state index in [1.165, 1.54) is 0 Å². The molecule has 2 aromatic rings. The van der Waals surface area contributed by atoms with Gasteiger partial charge in [-0.15, -0.1) is 46.4 Å². The summed E-state index contributed by atoms with van der Waals surface area (Å²) in [5.41, 5.74) is 3.59. The maximum absolute atomic E-state index is 6.59. The van der Waals surface area contributed by atoms with Crippen molar-refractivity contribution in [3.63, 3.8) is 0 Å². The molecule has 0 bridgehead atoms. The maximum Gasteiger partial charge on any atom is 0.0781 e. The summed E-state index contributed by atoms with van der Waals surface area (Å²) in [4.78, 5) is 0. The van der Waals surface area contributed by atoms with Crippen molar-refractivity contribution in [2.45, 2.75) is 21.5 Å². The van der Waals surface area contributed by atoms with Gasteiger partial charge in [-0.1, -0.05) is 54.1 Å². The Morgan fingerprint density at radius 1 is 0.714 bits per heavy atom. The van der Waals surface area contributed by atoms with Crippen LogP contribution in [0, 0.1) is 0 Å². The zero-order valence-corrected chi connectivity index (χ0v) is 14.5. The summed E-state index contributed by atoms with van der Waals surface area (Å²) >= 11 is 32.0. The van der Waals surface area contributed by atoms with Gasteiger partial charge in [0.05, 0.1) is 26.5 Å². The van der Waals surface area contributed by atoms with E-state index in [-0.39, 0.29) is 0 Å². The Morgan fingerprint density at radius 2 is 1.33 bits per heavy atom. The lowest BCUT2D eigenvalue weighted by molar-refractivity contribution is 0.668. The van der Waals surface area contributed by atoms with Gasteiger partial charge >= 0.3 is 0 Å². The highest BCUT2D eigenvalue weighted by atomic mass is 35.5. The highest BCUT2D eigenvalue weighted by Crippen LogP contribution is 2.51. The smallest absolute Gasteiger partial charge is 0.0781 e. The minimum Gasteiger partial charge on any atom is -0.119 e. The number of alkyl halides is 4. The fourth-order valence-corrected chi connectivity index (χ4v) is 4.52. The predicted molar refractivity (Wildman–Crippen MR) is 93.4 cm³/mol. The van der Waals surface area contributed by atoms with Crippen LogP contribution in [0.15, 0.2) is 42.5 Å². The minimum atomic E-state index is -0.466. The number of rotatable bonds is 1. The molecule has 2 aromatic carbocycles. The van der Waals surface area contributed by atoms with Gasteiger partial charge in [0.1, 0.15) is 0 Å². The molecule has 0 saturated carbocycles. The quantitative estimate of drug-likeness (QED) is 0.478. The zero-order valence-electron chi connectivity index (χ0n) is 10.7. The number of hydrogen-bond donors (Lipinski definition) is 0. The average Bonchev–Trinajstić information content (AvgIpc) is 2.51. The van der Waals surface area contributed by atoms with E-state index in [9.17, 15) is 0 Å². The van der Waals surface area contributed by atoms with Crippen molar-refractivity contribution in [2.75, 3.05) is 0 Å². The molecular weight excluding hydrogens is 369 g/mol. The normalized spacial score (nSPS) is 28.2. The van der Waals surface area contributed by atoms with Crippen molar-refractivity contribution in [2.24, 2.45) is 0 Å². The Bertz CT molecular complexity index is 655. The van der Waals surface area contributed by atoms with Crippen LogP contribution in [0.1, 0.15) is 21.9 Å². The molecule has 0 heterocycles. The largest absolute Gasteiger partial charge is 0.119 e. The van der Waals surface area contributed by atoms with Gasteiger partial charge in [-0.3, -0.25) is 0 Å². The lowest BCUT2D eigenvalue weighted by Gasteiger charge is -2.34. The van der Waals surface area contributed by atoms with Gasteiger partial charge in [-0.05, 0) is 16.7 Å². The number of hydrogen-bond acceptors (Lipinski definition) is 0. The summed E-state index contributed by atoms with van der Waals surface area (Å²) in [7, 11) is 0. The third kappa shape index (κ3) is 2.66. The Kier molecular flexibility index (Phi) is 4.64. The summed E-state index contributed by atoms with van der Waals surface area (Å²) < 4.78 is 0. The second kappa shape index (κ2) is 6.18. The number of halogens is 5. The summed E-state index contributed by atoms with van der Waals surface area (Å²) in [5, 5.41) is -1.16. The highest BCUT2D eigenvalue weighted by Gasteiger charge is 2.41. The van der Waals surface area contributed by atoms with Crippen LogP contribution in [0.3, 0.4) is 0 Å². The summed E-state index contributed by atoms with van der Waals surface area (Å²) in [6.45, 7) is 0. The van der Waals surface area contributed by atoms with Gasteiger partial charge in [0.2, 0.25) is 0 Å². The van der Waals surface area contributed by atoms with Crippen molar-refractivity contribution in [1.82, 2.24) is 0 Å². The second-order valence-electron chi connectivity index (χ2n) is 4.99. The maximum atomic E-state index is 6.59. The van der Waals surface area contributed by atoms with Crippen LogP contribution >= 0.6 is 58.0 Å². The molecule has 0 aliphatic heterocycles. The van der Waals surface area contributed by atoms with Gasteiger partial charge in [0.25, 0.3) is 0 Å². The van der Waals surface area contributed by atoms with E-state index in [0.29, 0.717) is 5.02 Å². The van der Waals surface area contributed by atoms with E-state index < -0.39 is 21.5 Å². The molecule has 110 valence electrons. The third-order valence-electron chi connectivity index (χ3n) is 3.73. The van der Waals surface area contributed by atoms with Crippen LogP contribution in [0.2, 0.25) is 5.02 Å². The Labute approximate surface area is 148 Å². The van der Waals surface area contributed by atoms with Crippen LogP contribution in [0.4, 0.5) is 0 Å². The molecule has 0 N–H and O–H groups in total. The fraction of sp³-hybridized carbons (Fsp3) is 0.250. The topological polar surface area (TPSA) is 0 Å². The van der Waals surface area contributed by atoms with Crippen molar-refractivity contribution in [3.05, 3.63) is 58.6 Å². The monoisotopic (exact) mass is 378 g/mol. The van der Waals surface area contributed by atoms with E-state index >= 15 is 0 Å². The van der Waals surface area contributed by atoms with Gasteiger partial charge in [-0.2, -0.15) is 0 Å². The summed E-state index contributed by atoms with van der Waals surface area (Å²) in [6, 6.07) is 13.8. The lowest BCUT2D eigenvalue weighted by Crippen LogP contribution is -2.30. The number of benzene rings is 2. The molecule has 0 saturated heterocycles.